The molecule has 0 spiro atoms. The van der Waals surface area contributed by atoms with Gasteiger partial charge in [-0.15, -0.1) is 0 Å². The standard InChI is InChI=1S/C14H22O3/c1-4-8-11(15)12(5-2)17-14-10-7-6-9-13(14)16-3/h6-7,9-12,15H,4-5,8H2,1-3H3. The summed E-state index contributed by atoms with van der Waals surface area (Å²) in [7, 11) is 1.62. The minimum Gasteiger partial charge on any atom is -0.493 e. The second-order valence-corrected chi connectivity index (χ2v) is 4.07. The summed E-state index contributed by atoms with van der Waals surface area (Å²) in [5.74, 6) is 1.40. The third-order valence-electron chi connectivity index (χ3n) is 2.76. The van der Waals surface area contributed by atoms with Gasteiger partial charge in [-0.2, -0.15) is 0 Å². The Balaban J connectivity index is 2.73. The maximum Gasteiger partial charge on any atom is 0.161 e. The molecule has 0 amide bonds. The van der Waals surface area contributed by atoms with Gasteiger partial charge in [0.1, 0.15) is 6.10 Å². The molecule has 0 aliphatic heterocycles. The first-order valence-electron chi connectivity index (χ1n) is 6.20. The van der Waals surface area contributed by atoms with E-state index >= 15 is 0 Å². The van der Waals surface area contributed by atoms with E-state index in [2.05, 4.69) is 6.92 Å². The fourth-order valence-electron chi connectivity index (χ4n) is 1.79. The van der Waals surface area contributed by atoms with Crippen molar-refractivity contribution >= 4 is 0 Å². The van der Waals surface area contributed by atoms with E-state index in [0.29, 0.717) is 11.5 Å². The molecule has 0 heterocycles. The molecule has 2 atom stereocenters. The molecule has 0 fully saturated rings. The largest absolute Gasteiger partial charge is 0.493 e. The lowest BCUT2D eigenvalue weighted by Gasteiger charge is -2.23. The van der Waals surface area contributed by atoms with Gasteiger partial charge in [-0.25, -0.2) is 0 Å². The molecule has 0 bridgehead atoms. The van der Waals surface area contributed by atoms with Crippen molar-refractivity contribution in [2.24, 2.45) is 0 Å². The van der Waals surface area contributed by atoms with Crippen molar-refractivity contribution in [3.8, 4) is 11.5 Å². The molecule has 0 saturated carbocycles. The van der Waals surface area contributed by atoms with Crippen LogP contribution in [0.5, 0.6) is 11.5 Å². The van der Waals surface area contributed by atoms with Crippen LogP contribution in [0.15, 0.2) is 24.3 Å². The minimum absolute atomic E-state index is 0.175. The third-order valence-corrected chi connectivity index (χ3v) is 2.76. The first kappa shape index (κ1) is 13.8. The SMILES string of the molecule is CCCC(O)C(CC)Oc1ccccc1OC. The Kier molecular flexibility index (Phi) is 5.84. The highest BCUT2D eigenvalue weighted by molar-refractivity contribution is 5.39. The monoisotopic (exact) mass is 238 g/mol. The summed E-state index contributed by atoms with van der Waals surface area (Å²) in [4.78, 5) is 0. The first-order valence-corrected chi connectivity index (χ1v) is 6.20. The predicted octanol–water partition coefficient (Wildman–Crippen LogP) is 3.01. The van der Waals surface area contributed by atoms with Gasteiger partial charge >= 0.3 is 0 Å². The number of ether oxygens (including phenoxy) is 2. The number of aliphatic hydroxyl groups is 1. The van der Waals surface area contributed by atoms with E-state index in [1.54, 1.807) is 7.11 Å². The molecule has 1 aromatic rings. The predicted molar refractivity (Wildman–Crippen MR) is 68.6 cm³/mol. The lowest BCUT2D eigenvalue weighted by molar-refractivity contribution is 0.0270. The van der Waals surface area contributed by atoms with Crippen molar-refractivity contribution in [3.63, 3.8) is 0 Å². The molecule has 96 valence electrons. The summed E-state index contributed by atoms with van der Waals surface area (Å²) in [5, 5.41) is 9.97. The maximum atomic E-state index is 9.97. The molecule has 0 radical (unpaired) electrons. The van der Waals surface area contributed by atoms with E-state index in [1.807, 2.05) is 31.2 Å². The van der Waals surface area contributed by atoms with Gasteiger partial charge in [0.15, 0.2) is 11.5 Å². The van der Waals surface area contributed by atoms with E-state index in [1.165, 1.54) is 0 Å². The second-order valence-electron chi connectivity index (χ2n) is 4.07. The van der Waals surface area contributed by atoms with E-state index in [0.717, 1.165) is 19.3 Å². The van der Waals surface area contributed by atoms with E-state index in [-0.39, 0.29) is 6.10 Å². The topological polar surface area (TPSA) is 38.7 Å². The molecule has 0 aliphatic carbocycles. The Labute approximate surface area is 103 Å². The highest BCUT2D eigenvalue weighted by Gasteiger charge is 2.19. The fourth-order valence-corrected chi connectivity index (χ4v) is 1.79. The highest BCUT2D eigenvalue weighted by Crippen LogP contribution is 2.28. The van der Waals surface area contributed by atoms with Crippen molar-refractivity contribution in [2.45, 2.75) is 45.3 Å². The zero-order chi connectivity index (χ0) is 12.7. The molecule has 1 aromatic carbocycles. The molecule has 1 rings (SSSR count). The van der Waals surface area contributed by atoms with Gasteiger partial charge in [0.25, 0.3) is 0 Å². The Morgan fingerprint density at radius 3 is 2.35 bits per heavy atom. The van der Waals surface area contributed by atoms with Gasteiger partial charge < -0.3 is 14.6 Å². The number of hydrogen-bond acceptors (Lipinski definition) is 3. The van der Waals surface area contributed by atoms with E-state index < -0.39 is 6.10 Å². The van der Waals surface area contributed by atoms with Crippen molar-refractivity contribution in [3.05, 3.63) is 24.3 Å². The van der Waals surface area contributed by atoms with Crippen LogP contribution in [0.25, 0.3) is 0 Å². The molecule has 3 nitrogen and oxygen atoms in total. The van der Waals surface area contributed by atoms with Crippen molar-refractivity contribution < 1.29 is 14.6 Å². The van der Waals surface area contributed by atoms with E-state index in [4.69, 9.17) is 9.47 Å². The van der Waals surface area contributed by atoms with Crippen LogP contribution in [-0.4, -0.2) is 24.4 Å². The maximum absolute atomic E-state index is 9.97. The molecule has 2 unspecified atom stereocenters. The Morgan fingerprint density at radius 2 is 1.82 bits per heavy atom. The van der Waals surface area contributed by atoms with Crippen LogP contribution in [0, 0.1) is 0 Å². The lowest BCUT2D eigenvalue weighted by Crippen LogP contribution is -2.31. The van der Waals surface area contributed by atoms with Gasteiger partial charge in [-0.3, -0.25) is 0 Å². The summed E-state index contributed by atoms with van der Waals surface area (Å²) in [5.41, 5.74) is 0. The van der Waals surface area contributed by atoms with Gasteiger partial charge in [0, 0.05) is 0 Å². The van der Waals surface area contributed by atoms with E-state index in [9.17, 15) is 5.11 Å². The first-order chi connectivity index (χ1) is 8.22. The number of aliphatic hydroxyl groups excluding tert-OH is 1. The summed E-state index contributed by atoms with van der Waals surface area (Å²) in [6.07, 6.45) is 1.89. The van der Waals surface area contributed by atoms with Crippen LogP contribution < -0.4 is 9.47 Å². The lowest BCUT2D eigenvalue weighted by atomic mass is 10.1. The highest BCUT2D eigenvalue weighted by atomic mass is 16.5. The molecule has 0 aromatic heterocycles. The number of benzene rings is 1. The Bertz CT molecular complexity index is 325. The number of para-hydroxylation sites is 2. The quantitative estimate of drug-likeness (QED) is 0.793. The van der Waals surface area contributed by atoms with Crippen molar-refractivity contribution in [1.82, 2.24) is 0 Å². The van der Waals surface area contributed by atoms with Gasteiger partial charge in [0.2, 0.25) is 0 Å². The number of methoxy groups -OCH3 is 1. The van der Waals surface area contributed by atoms with Crippen LogP contribution in [-0.2, 0) is 0 Å². The average molecular weight is 238 g/mol. The summed E-state index contributed by atoms with van der Waals surface area (Å²) in [6.45, 7) is 4.07. The molecule has 0 aliphatic rings. The molecule has 0 saturated heterocycles. The Morgan fingerprint density at radius 1 is 1.18 bits per heavy atom. The zero-order valence-corrected chi connectivity index (χ0v) is 10.8. The third kappa shape index (κ3) is 3.93. The summed E-state index contributed by atoms with van der Waals surface area (Å²) < 4.78 is 11.0. The molecular formula is C14H22O3. The second kappa shape index (κ2) is 7.17. The van der Waals surface area contributed by atoms with Crippen molar-refractivity contribution in [1.29, 1.82) is 0 Å². The van der Waals surface area contributed by atoms with Crippen LogP contribution in [0.4, 0.5) is 0 Å². The molecular weight excluding hydrogens is 216 g/mol. The summed E-state index contributed by atoms with van der Waals surface area (Å²) in [6, 6.07) is 7.51. The van der Waals surface area contributed by atoms with Crippen molar-refractivity contribution in [2.75, 3.05) is 7.11 Å². The van der Waals surface area contributed by atoms with Crippen LogP contribution >= 0.6 is 0 Å². The molecule has 3 heteroatoms. The van der Waals surface area contributed by atoms with Gasteiger partial charge in [0.05, 0.1) is 13.2 Å². The van der Waals surface area contributed by atoms with Crippen LogP contribution in [0.1, 0.15) is 33.1 Å². The molecule has 17 heavy (non-hydrogen) atoms. The normalized spacial score (nSPS) is 14.1. The zero-order valence-electron chi connectivity index (χ0n) is 10.8. The average Bonchev–Trinajstić information content (AvgIpc) is 2.36. The van der Waals surface area contributed by atoms with Gasteiger partial charge in [-0.1, -0.05) is 32.4 Å². The Hall–Kier alpha value is -1.22. The van der Waals surface area contributed by atoms with Gasteiger partial charge in [-0.05, 0) is 25.0 Å². The summed E-state index contributed by atoms with van der Waals surface area (Å²) >= 11 is 0. The van der Waals surface area contributed by atoms with Crippen LogP contribution in [0.3, 0.4) is 0 Å². The minimum atomic E-state index is -0.421. The number of rotatable bonds is 7. The number of hydrogen-bond donors (Lipinski definition) is 1. The fraction of sp³-hybridized carbons (Fsp3) is 0.571. The smallest absolute Gasteiger partial charge is 0.161 e. The molecule has 1 N–H and O–H groups in total. The van der Waals surface area contributed by atoms with Crippen LogP contribution in [0.2, 0.25) is 0 Å².